The molecule has 2 N–H and O–H groups in total. The van der Waals surface area contributed by atoms with Crippen LogP contribution in [0.25, 0.3) is 11.1 Å². The van der Waals surface area contributed by atoms with Gasteiger partial charge in [-0.15, -0.1) is 0 Å². The maximum Gasteiger partial charge on any atom is 0.308 e. The van der Waals surface area contributed by atoms with Crippen LogP contribution < -0.4 is 5.32 Å². The molecule has 0 saturated carbocycles. The number of amides is 1. The summed E-state index contributed by atoms with van der Waals surface area (Å²) in [5, 5.41) is 11.6. The largest absolute Gasteiger partial charge is 0.481 e. The van der Waals surface area contributed by atoms with Gasteiger partial charge in [-0.3, -0.25) is 9.59 Å². The summed E-state index contributed by atoms with van der Waals surface area (Å²) < 4.78 is 5.42. The zero-order chi connectivity index (χ0) is 15.4. The predicted molar refractivity (Wildman–Crippen MR) is 77.1 cm³/mol. The molecule has 2 rings (SSSR count). The van der Waals surface area contributed by atoms with Crippen molar-refractivity contribution in [2.45, 2.75) is 26.7 Å². The van der Waals surface area contributed by atoms with Gasteiger partial charge in [0.15, 0.2) is 11.3 Å². The summed E-state index contributed by atoms with van der Waals surface area (Å²) >= 11 is 0. The van der Waals surface area contributed by atoms with E-state index in [-0.39, 0.29) is 12.3 Å². The number of furan rings is 1. The number of rotatable bonds is 6. The Bertz CT molecular complexity index is 663. The van der Waals surface area contributed by atoms with E-state index in [0.717, 1.165) is 12.1 Å². The summed E-state index contributed by atoms with van der Waals surface area (Å²) in [5.74, 6) is -1.76. The number of hydrogen-bond donors (Lipinski definition) is 2. The minimum Gasteiger partial charge on any atom is -0.481 e. The molecule has 0 aliphatic rings. The van der Waals surface area contributed by atoms with E-state index in [0.29, 0.717) is 17.5 Å². The fraction of sp³-hybridized carbons (Fsp3) is 0.400. The van der Waals surface area contributed by atoms with Crippen molar-refractivity contribution >= 4 is 23.0 Å². The summed E-state index contributed by atoms with van der Waals surface area (Å²) in [6.07, 6.45) is 1.27. The second kappa shape index (κ2) is 6.39. The highest BCUT2D eigenvalue weighted by Crippen LogP contribution is 2.17. The lowest BCUT2D eigenvalue weighted by molar-refractivity contribution is -0.141. The van der Waals surface area contributed by atoms with Crippen LogP contribution in [0.15, 0.2) is 22.6 Å². The van der Waals surface area contributed by atoms with Gasteiger partial charge in [0.25, 0.3) is 5.91 Å². The standard InChI is InChI=1S/C15H18N2O4/c1-3-4-10(15(19)20)8-16-14(18)13-7-11-12(21-13)6-5-9(2)17-11/h5-7,10H,3-4,8H2,1-2H3,(H,16,18)(H,19,20). The van der Waals surface area contributed by atoms with Crippen LogP contribution in [0.3, 0.4) is 0 Å². The molecule has 2 aromatic heterocycles. The molecule has 0 aliphatic heterocycles. The summed E-state index contributed by atoms with van der Waals surface area (Å²) in [4.78, 5) is 27.3. The van der Waals surface area contributed by atoms with E-state index in [4.69, 9.17) is 9.52 Å². The number of nitrogens with zero attached hydrogens (tertiary/aromatic N) is 1. The Labute approximate surface area is 122 Å². The van der Waals surface area contributed by atoms with E-state index in [1.54, 1.807) is 18.2 Å². The third-order valence-corrected chi connectivity index (χ3v) is 3.23. The molecule has 1 unspecified atom stereocenters. The number of carboxylic acids is 1. The fourth-order valence-electron chi connectivity index (χ4n) is 2.10. The molecule has 6 nitrogen and oxygen atoms in total. The molecule has 112 valence electrons. The molecular weight excluding hydrogens is 272 g/mol. The number of nitrogens with one attached hydrogen (secondary N) is 1. The van der Waals surface area contributed by atoms with Crippen molar-refractivity contribution in [3.63, 3.8) is 0 Å². The number of aromatic nitrogens is 1. The third kappa shape index (κ3) is 3.59. The van der Waals surface area contributed by atoms with Gasteiger partial charge >= 0.3 is 5.97 Å². The quantitative estimate of drug-likeness (QED) is 0.852. The Hall–Kier alpha value is -2.37. The number of pyridine rings is 1. The van der Waals surface area contributed by atoms with E-state index < -0.39 is 17.8 Å². The minimum atomic E-state index is -0.904. The molecule has 6 heteroatoms. The normalized spacial score (nSPS) is 12.3. The van der Waals surface area contributed by atoms with Gasteiger partial charge in [0.05, 0.1) is 5.92 Å². The number of carbonyl (C=O) groups excluding carboxylic acids is 1. The van der Waals surface area contributed by atoms with Crippen molar-refractivity contribution in [2.75, 3.05) is 6.54 Å². The number of fused-ring (bicyclic) bond motifs is 1. The third-order valence-electron chi connectivity index (χ3n) is 3.23. The van der Waals surface area contributed by atoms with Gasteiger partial charge in [0.1, 0.15) is 5.52 Å². The molecule has 1 amide bonds. The van der Waals surface area contributed by atoms with E-state index in [1.807, 2.05) is 13.8 Å². The van der Waals surface area contributed by atoms with E-state index in [2.05, 4.69) is 10.3 Å². The van der Waals surface area contributed by atoms with Crippen LogP contribution in [0.5, 0.6) is 0 Å². The number of carbonyl (C=O) groups is 2. The molecule has 0 saturated heterocycles. The van der Waals surface area contributed by atoms with Gasteiger partial charge in [-0.2, -0.15) is 0 Å². The molecule has 2 heterocycles. The van der Waals surface area contributed by atoms with Crippen LogP contribution in [-0.2, 0) is 4.79 Å². The monoisotopic (exact) mass is 290 g/mol. The molecule has 21 heavy (non-hydrogen) atoms. The lowest BCUT2D eigenvalue weighted by Crippen LogP contribution is -2.32. The van der Waals surface area contributed by atoms with Crippen LogP contribution in [0.1, 0.15) is 36.0 Å². The first kappa shape index (κ1) is 15.0. The van der Waals surface area contributed by atoms with Crippen LogP contribution in [-0.4, -0.2) is 28.5 Å². The van der Waals surface area contributed by atoms with E-state index in [9.17, 15) is 9.59 Å². The molecule has 0 fully saturated rings. The van der Waals surface area contributed by atoms with Gasteiger partial charge in [0.2, 0.25) is 0 Å². The maximum atomic E-state index is 12.0. The molecule has 0 bridgehead atoms. The summed E-state index contributed by atoms with van der Waals surface area (Å²) in [7, 11) is 0. The second-order valence-corrected chi connectivity index (χ2v) is 4.98. The van der Waals surface area contributed by atoms with Crippen molar-refractivity contribution in [3.8, 4) is 0 Å². The summed E-state index contributed by atoms with van der Waals surface area (Å²) in [6.45, 7) is 3.85. The highest BCUT2D eigenvalue weighted by Gasteiger charge is 2.19. The van der Waals surface area contributed by atoms with E-state index in [1.165, 1.54) is 0 Å². The lowest BCUT2D eigenvalue weighted by Gasteiger charge is -2.11. The fourth-order valence-corrected chi connectivity index (χ4v) is 2.10. The SMILES string of the molecule is CCCC(CNC(=O)c1cc2nc(C)ccc2o1)C(=O)O. The van der Waals surface area contributed by atoms with Crippen LogP contribution >= 0.6 is 0 Å². The molecule has 0 aromatic carbocycles. The zero-order valence-electron chi connectivity index (χ0n) is 12.0. The van der Waals surface area contributed by atoms with Crippen LogP contribution in [0, 0.1) is 12.8 Å². The molecule has 0 radical (unpaired) electrons. The van der Waals surface area contributed by atoms with Crippen LogP contribution in [0.2, 0.25) is 0 Å². The number of aryl methyl sites for hydroxylation is 1. The first-order valence-electron chi connectivity index (χ1n) is 6.89. The van der Waals surface area contributed by atoms with Crippen molar-refractivity contribution in [3.05, 3.63) is 29.7 Å². The topological polar surface area (TPSA) is 92.4 Å². The smallest absolute Gasteiger partial charge is 0.308 e. The molecule has 1 atom stereocenters. The molecule has 0 aliphatic carbocycles. The zero-order valence-corrected chi connectivity index (χ0v) is 12.0. The van der Waals surface area contributed by atoms with E-state index >= 15 is 0 Å². The Morgan fingerprint density at radius 3 is 2.86 bits per heavy atom. The first-order chi connectivity index (χ1) is 10.0. The Kier molecular flexibility index (Phi) is 4.57. The Morgan fingerprint density at radius 2 is 2.19 bits per heavy atom. The highest BCUT2D eigenvalue weighted by atomic mass is 16.4. The van der Waals surface area contributed by atoms with Gasteiger partial charge in [-0.1, -0.05) is 13.3 Å². The van der Waals surface area contributed by atoms with Crippen molar-refractivity contribution < 1.29 is 19.1 Å². The molecular formula is C15H18N2O4. The predicted octanol–water partition coefficient (Wildman–Crippen LogP) is 2.37. The Balaban J connectivity index is 2.06. The highest BCUT2D eigenvalue weighted by molar-refractivity contribution is 5.95. The Morgan fingerprint density at radius 1 is 1.43 bits per heavy atom. The number of hydrogen-bond acceptors (Lipinski definition) is 4. The summed E-state index contributed by atoms with van der Waals surface area (Å²) in [5.41, 5.74) is 1.99. The number of carboxylic acid groups (broad SMARTS) is 1. The minimum absolute atomic E-state index is 0.0888. The summed E-state index contributed by atoms with van der Waals surface area (Å²) in [6, 6.07) is 5.12. The van der Waals surface area contributed by atoms with Crippen molar-refractivity contribution in [1.82, 2.24) is 10.3 Å². The molecule has 2 aromatic rings. The van der Waals surface area contributed by atoms with Crippen LogP contribution in [0.4, 0.5) is 0 Å². The average Bonchev–Trinajstić information content (AvgIpc) is 2.85. The van der Waals surface area contributed by atoms with Gasteiger partial charge in [0, 0.05) is 18.3 Å². The van der Waals surface area contributed by atoms with Crippen molar-refractivity contribution in [1.29, 1.82) is 0 Å². The van der Waals surface area contributed by atoms with Gasteiger partial charge in [-0.25, -0.2) is 4.98 Å². The molecule has 0 spiro atoms. The average molecular weight is 290 g/mol. The van der Waals surface area contributed by atoms with Crippen molar-refractivity contribution in [2.24, 2.45) is 5.92 Å². The number of aliphatic carboxylic acids is 1. The van der Waals surface area contributed by atoms with Gasteiger partial charge in [-0.05, 0) is 25.5 Å². The second-order valence-electron chi connectivity index (χ2n) is 4.98. The first-order valence-corrected chi connectivity index (χ1v) is 6.89. The maximum absolute atomic E-state index is 12.0. The van der Waals surface area contributed by atoms with Gasteiger partial charge < -0.3 is 14.8 Å². The lowest BCUT2D eigenvalue weighted by atomic mass is 10.0.